The second kappa shape index (κ2) is 21.5. The fraction of sp³-hybridized carbons (Fsp3) is 0.400. The Morgan fingerprint density at radius 1 is 0.740 bits per heavy atom. The predicted octanol–water partition coefficient (Wildman–Crippen LogP) is 5.05. The van der Waals surface area contributed by atoms with E-state index in [2.05, 4.69) is 5.32 Å². The number of aliphatic hydroxyl groups excluding tert-OH is 2. The van der Waals surface area contributed by atoms with Crippen LogP contribution in [0.15, 0.2) is 132 Å². The summed E-state index contributed by atoms with van der Waals surface area (Å²) in [7, 11) is 0. The van der Waals surface area contributed by atoms with E-state index in [0.29, 0.717) is 5.56 Å². The van der Waals surface area contributed by atoms with Gasteiger partial charge < -0.3 is 54.2 Å². The summed E-state index contributed by atoms with van der Waals surface area (Å²) in [6.45, 7) is 5.97. The quantitative estimate of drug-likeness (QED) is 0.0628. The van der Waals surface area contributed by atoms with E-state index in [9.17, 15) is 44.4 Å². The largest absolute Gasteiger partial charge is 0.509 e. The van der Waals surface area contributed by atoms with Crippen LogP contribution in [0.25, 0.3) is 0 Å². The maximum Gasteiger partial charge on any atom is 0.509 e. The highest BCUT2D eigenvalue weighted by atomic mass is 16.7. The Labute approximate surface area is 421 Å². The number of ether oxygens (including phenoxy) is 6. The number of fused-ring (bicyclic) bond motifs is 3. The number of carbonyl (C=O) groups excluding carboxylic acids is 7. The number of hydrogen-bond acceptors (Lipinski definition) is 17. The molecule has 4 aromatic rings. The summed E-state index contributed by atoms with van der Waals surface area (Å²) in [5, 5.41) is 53.0. The molecule has 18 nitrogen and oxygen atoms in total. The standard InChI is InChI=1S/C55H59NO17/c1-31-38(71-50(64)44(72-51(65)68-29-34-19-11-7-12-20-34)42(35-21-13-8-14-22-35)56-48(62)36-23-15-9-16-24-36)28-55(67)47(73-49(63)37-25-17-10-18-26-37)45-53(6,39(60)27-40(69-32(2)58)54(45,66)30-57)46(61)43(70-33(3)59)41(31)52(55,4)5/h7-26,38-40,42-45,47,57,60,66-67H,27-30H2,1-6H3,(H,56,62)/t38-,39+,40-,42-,43+,44+,45-,47-,53+,54-,55+/m0/s1. The molecular weight excluding hydrogens is 947 g/mol. The third-order valence-corrected chi connectivity index (χ3v) is 14.6. The molecule has 5 N–H and O–H groups in total. The molecule has 0 aromatic heterocycles. The van der Waals surface area contributed by atoms with Gasteiger partial charge in [0.1, 0.15) is 42.2 Å². The lowest BCUT2D eigenvalue weighted by Gasteiger charge is -2.64. The Bertz CT molecular complexity index is 2730. The monoisotopic (exact) mass is 1010 g/mol. The molecule has 73 heavy (non-hydrogen) atoms. The van der Waals surface area contributed by atoms with Gasteiger partial charge in [0.15, 0.2) is 11.9 Å². The zero-order valence-electron chi connectivity index (χ0n) is 41.1. The normalized spacial score (nSPS) is 28.1. The van der Waals surface area contributed by atoms with E-state index in [1.165, 1.54) is 64.1 Å². The molecule has 18 heteroatoms. The fourth-order valence-electron chi connectivity index (χ4n) is 10.8. The molecular formula is C55H59NO17. The highest BCUT2D eigenvalue weighted by Gasteiger charge is 2.75. The van der Waals surface area contributed by atoms with E-state index >= 15 is 9.59 Å². The van der Waals surface area contributed by atoms with Gasteiger partial charge in [-0.25, -0.2) is 14.4 Å². The molecule has 0 heterocycles. The molecule has 2 bridgehead atoms. The lowest BCUT2D eigenvalue weighted by Crippen LogP contribution is -2.78. The molecule has 2 fully saturated rings. The Kier molecular flexibility index (Phi) is 15.7. The minimum Gasteiger partial charge on any atom is -0.459 e. The fourth-order valence-corrected chi connectivity index (χ4v) is 10.8. The van der Waals surface area contributed by atoms with Crippen LogP contribution in [0, 0.1) is 16.7 Å². The first-order valence-electron chi connectivity index (χ1n) is 23.7. The van der Waals surface area contributed by atoms with Crippen LogP contribution < -0.4 is 5.32 Å². The molecule has 2 saturated carbocycles. The van der Waals surface area contributed by atoms with Gasteiger partial charge in [-0.05, 0) is 60.4 Å². The van der Waals surface area contributed by atoms with Crippen molar-refractivity contribution < 1.29 is 82.4 Å². The number of ketones is 1. The van der Waals surface area contributed by atoms with E-state index in [4.69, 9.17) is 28.4 Å². The van der Waals surface area contributed by atoms with Gasteiger partial charge in [-0.15, -0.1) is 0 Å². The van der Waals surface area contributed by atoms with Crippen molar-refractivity contribution in [3.8, 4) is 0 Å². The first kappa shape index (κ1) is 53.5. The van der Waals surface area contributed by atoms with E-state index in [1.54, 1.807) is 84.9 Å². The van der Waals surface area contributed by atoms with Gasteiger partial charge in [-0.2, -0.15) is 0 Å². The van der Waals surface area contributed by atoms with E-state index in [-0.39, 0.29) is 34.4 Å². The number of hydrogen-bond donors (Lipinski definition) is 5. The average molecular weight is 1010 g/mol. The van der Waals surface area contributed by atoms with Gasteiger partial charge in [-0.1, -0.05) is 111 Å². The summed E-state index contributed by atoms with van der Waals surface area (Å²) in [6.07, 6.45) is -14.4. The number of amides is 1. The summed E-state index contributed by atoms with van der Waals surface area (Å²) in [5.74, 6) is -8.25. The molecule has 0 saturated heterocycles. The van der Waals surface area contributed by atoms with Crippen LogP contribution in [-0.4, -0.2) is 117 Å². The van der Waals surface area contributed by atoms with Crippen molar-refractivity contribution in [2.45, 2.75) is 115 Å². The van der Waals surface area contributed by atoms with E-state index in [0.717, 1.165) is 13.8 Å². The molecule has 1 amide bonds. The number of benzene rings is 4. The molecule has 7 rings (SSSR count). The molecule has 0 unspecified atom stereocenters. The summed E-state index contributed by atoms with van der Waals surface area (Å²) in [6, 6.07) is 30.5. The van der Waals surface area contributed by atoms with Crippen LogP contribution in [0.5, 0.6) is 0 Å². The number of nitrogens with one attached hydrogen (secondary N) is 1. The Balaban J connectivity index is 1.41. The number of rotatable bonds is 14. The maximum atomic E-state index is 15.6. The summed E-state index contributed by atoms with van der Waals surface area (Å²) < 4.78 is 35.2. The van der Waals surface area contributed by atoms with Gasteiger partial charge in [0.05, 0.1) is 23.7 Å². The summed E-state index contributed by atoms with van der Waals surface area (Å²) in [5.41, 5.74) is -8.92. The third kappa shape index (κ3) is 10.4. The molecule has 3 aliphatic carbocycles. The van der Waals surface area contributed by atoms with Crippen molar-refractivity contribution in [1.29, 1.82) is 0 Å². The minimum atomic E-state index is -2.80. The molecule has 3 aliphatic rings. The number of Topliss-reactive ketones (excluding diaryl/α,β-unsaturated/α-hetero) is 1. The molecule has 386 valence electrons. The van der Waals surface area contributed by atoms with Gasteiger partial charge >= 0.3 is 30.0 Å². The minimum absolute atomic E-state index is 0.0355. The van der Waals surface area contributed by atoms with Gasteiger partial charge in [0.25, 0.3) is 5.91 Å². The first-order valence-corrected chi connectivity index (χ1v) is 23.7. The lowest BCUT2D eigenvalue weighted by atomic mass is 9.45. The van der Waals surface area contributed by atoms with Crippen LogP contribution >= 0.6 is 0 Å². The molecule has 4 aromatic carbocycles. The van der Waals surface area contributed by atoms with Crippen molar-refractivity contribution in [3.05, 3.63) is 155 Å². The number of aliphatic hydroxyl groups is 4. The SMILES string of the molecule is CC(=O)O[C@H]1C(=O)[C@]2(C)[C@H](O)C[C@H](OC(C)=O)[C@@](O)(CO)[C@H]2[C@H](OC(=O)c2ccccc2)[C@]2(O)C[C@H](OC(=O)[C@H](OC(=O)OCc3ccccc3)[C@@H](NC(=O)c3ccccc3)c3ccccc3)C(C)=C1C2(C)C. The number of esters is 4. The second-order valence-corrected chi connectivity index (χ2v) is 19.4. The van der Waals surface area contributed by atoms with Gasteiger partial charge in [0, 0.05) is 43.6 Å². The smallest absolute Gasteiger partial charge is 0.459 e. The van der Waals surface area contributed by atoms with Crippen LogP contribution in [0.3, 0.4) is 0 Å². The van der Waals surface area contributed by atoms with Crippen LogP contribution in [0.2, 0.25) is 0 Å². The Morgan fingerprint density at radius 3 is 1.85 bits per heavy atom. The maximum absolute atomic E-state index is 15.6. The molecule has 0 aliphatic heterocycles. The number of carbonyl (C=O) groups is 7. The summed E-state index contributed by atoms with van der Waals surface area (Å²) >= 11 is 0. The topological polar surface area (TPSA) is 268 Å². The van der Waals surface area contributed by atoms with E-state index in [1.807, 2.05) is 0 Å². The predicted molar refractivity (Wildman–Crippen MR) is 257 cm³/mol. The van der Waals surface area contributed by atoms with Crippen LogP contribution in [0.1, 0.15) is 92.3 Å². The zero-order valence-corrected chi connectivity index (χ0v) is 41.1. The molecule has 0 radical (unpaired) electrons. The lowest BCUT2D eigenvalue weighted by molar-refractivity contribution is -0.287. The summed E-state index contributed by atoms with van der Waals surface area (Å²) in [4.78, 5) is 98.7. The van der Waals surface area contributed by atoms with Crippen molar-refractivity contribution in [2.24, 2.45) is 16.7 Å². The van der Waals surface area contributed by atoms with Crippen molar-refractivity contribution in [3.63, 3.8) is 0 Å². The zero-order chi connectivity index (χ0) is 53.0. The average Bonchev–Trinajstić information content (AvgIpc) is 3.37. The highest BCUT2D eigenvalue weighted by Crippen LogP contribution is 2.62. The van der Waals surface area contributed by atoms with Crippen LogP contribution in [-0.2, 0) is 54.2 Å². The van der Waals surface area contributed by atoms with Crippen molar-refractivity contribution in [2.75, 3.05) is 6.61 Å². The molecule has 0 spiro atoms. The van der Waals surface area contributed by atoms with Gasteiger partial charge in [0.2, 0.25) is 6.10 Å². The van der Waals surface area contributed by atoms with Crippen LogP contribution in [0.4, 0.5) is 4.79 Å². The second-order valence-electron chi connectivity index (χ2n) is 19.4. The van der Waals surface area contributed by atoms with Crippen molar-refractivity contribution >= 4 is 41.7 Å². The third-order valence-electron chi connectivity index (χ3n) is 14.6. The van der Waals surface area contributed by atoms with Crippen molar-refractivity contribution in [1.82, 2.24) is 5.32 Å². The van der Waals surface area contributed by atoms with E-state index < -0.39 is 132 Å². The Hall–Kier alpha value is -7.25. The molecule has 11 atom stereocenters. The highest BCUT2D eigenvalue weighted by molar-refractivity contribution is 5.96. The first-order chi connectivity index (χ1) is 34.6. The van der Waals surface area contributed by atoms with Gasteiger partial charge in [-0.3, -0.25) is 19.2 Å². The Morgan fingerprint density at radius 2 is 1.29 bits per heavy atom.